The number of carbonyl (C=O) groups excluding carboxylic acids is 1. The first-order chi connectivity index (χ1) is 15.1. The molecular weight excluding hydrogens is 390 g/mol. The number of furan rings is 1. The molecule has 1 aromatic heterocycles. The molecule has 2 aliphatic heterocycles. The molecule has 1 aromatic rings. The SMILES string of the molecule is C[C@]12CCC[C@]3(CO3)[C@@H]1C[C@H]1[C@@H](C2)OC(=O)[C@@H]1C[NH2+][C@@H]1CCCC[C@@H]1Cc1ccco1. The molecule has 6 rings (SSSR count). The summed E-state index contributed by atoms with van der Waals surface area (Å²) in [5, 5.41) is 2.50. The molecule has 31 heavy (non-hydrogen) atoms. The van der Waals surface area contributed by atoms with Crippen molar-refractivity contribution in [1.29, 1.82) is 0 Å². The van der Waals surface area contributed by atoms with Crippen LogP contribution in [0.1, 0.15) is 70.5 Å². The van der Waals surface area contributed by atoms with Gasteiger partial charge in [-0.05, 0) is 74.8 Å². The van der Waals surface area contributed by atoms with Crippen molar-refractivity contribution in [3.05, 3.63) is 24.2 Å². The van der Waals surface area contributed by atoms with Crippen molar-refractivity contribution in [1.82, 2.24) is 0 Å². The summed E-state index contributed by atoms with van der Waals surface area (Å²) in [6.07, 6.45) is 14.0. The zero-order valence-corrected chi connectivity index (χ0v) is 18.9. The number of fused-ring (bicyclic) bond motifs is 3. The maximum Gasteiger partial charge on any atom is 0.315 e. The molecule has 0 unspecified atom stereocenters. The Labute approximate surface area is 185 Å². The molecule has 8 atom stereocenters. The number of carbonyl (C=O) groups is 1. The van der Waals surface area contributed by atoms with Crippen molar-refractivity contribution in [2.45, 2.75) is 88.9 Å². The van der Waals surface area contributed by atoms with E-state index in [1.807, 2.05) is 6.07 Å². The summed E-state index contributed by atoms with van der Waals surface area (Å²) < 4.78 is 17.7. The minimum absolute atomic E-state index is 0.0541. The van der Waals surface area contributed by atoms with Gasteiger partial charge in [0, 0.05) is 18.3 Å². The number of quaternary nitrogens is 1. The van der Waals surface area contributed by atoms with Crippen LogP contribution in [0.15, 0.2) is 22.8 Å². The fourth-order valence-corrected chi connectivity index (χ4v) is 8.04. The van der Waals surface area contributed by atoms with Gasteiger partial charge in [-0.25, -0.2) is 0 Å². The lowest BCUT2D eigenvalue weighted by molar-refractivity contribution is -0.702. The van der Waals surface area contributed by atoms with Crippen molar-refractivity contribution >= 4 is 5.97 Å². The molecular formula is C26H38NO4+. The minimum Gasteiger partial charge on any atom is -0.469 e. The summed E-state index contributed by atoms with van der Waals surface area (Å²) in [6, 6.07) is 4.68. The van der Waals surface area contributed by atoms with E-state index in [1.54, 1.807) is 6.26 Å². The third kappa shape index (κ3) is 3.56. The van der Waals surface area contributed by atoms with E-state index < -0.39 is 0 Å². The molecule has 170 valence electrons. The Morgan fingerprint density at radius 2 is 2.06 bits per heavy atom. The Morgan fingerprint density at radius 3 is 2.87 bits per heavy atom. The smallest absolute Gasteiger partial charge is 0.315 e. The van der Waals surface area contributed by atoms with Crippen LogP contribution in [-0.4, -0.2) is 36.9 Å². The van der Waals surface area contributed by atoms with E-state index in [1.165, 1.54) is 44.9 Å². The van der Waals surface area contributed by atoms with Gasteiger partial charge < -0.3 is 19.2 Å². The van der Waals surface area contributed by atoms with E-state index in [9.17, 15) is 4.79 Å². The Balaban J connectivity index is 1.13. The largest absolute Gasteiger partial charge is 0.469 e. The summed E-state index contributed by atoms with van der Waals surface area (Å²) >= 11 is 0. The van der Waals surface area contributed by atoms with Gasteiger partial charge in [0.2, 0.25) is 0 Å². The first kappa shape index (κ1) is 20.3. The molecule has 0 radical (unpaired) electrons. The van der Waals surface area contributed by atoms with Crippen LogP contribution in [0.25, 0.3) is 0 Å². The summed E-state index contributed by atoms with van der Waals surface area (Å²) in [4.78, 5) is 12.9. The summed E-state index contributed by atoms with van der Waals surface area (Å²) in [6.45, 7) is 4.26. The monoisotopic (exact) mass is 428 g/mol. The summed E-state index contributed by atoms with van der Waals surface area (Å²) in [5.41, 5.74) is 0.418. The Hall–Kier alpha value is -1.33. The molecule has 0 bridgehead atoms. The molecule has 1 spiro atoms. The van der Waals surface area contributed by atoms with Gasteiger partial charge in [0.1, 0.15) is 17.8 Å². The molecule has 3 aliphatic carbocycles. The first-order valence-corrected chi connectivity index (χ1v) is 12.8. The predicted molar refractivity (Wildman–Crippen MR) is 115 cm³/mol. The molecule has 0 amide bonds. The highest BCUT2D eigenvalue weighted by molar-refractivity contribution is 5.75. The van der Waals surface area contributed by atoms with Gasteiger partial charge >= 0.3 is 5.97 Å². The molecule has 3 saturated carbocycles. The van der Waals surface area contributed by atoms with Gasteiger partial charge in [0.25, 0.3) is 0 Å². The van der Waals surface area contributed by atoms with Crippen molar-refractivity contribution in [2.75, 3.05) is 13.2 Å². The van der Waals surface area contributed by atoms with Gasteiger partial charge in [-0.1, -0.05) is 13.3 Å². The fraction of sp³-hybridized carbons (Fsp3) is 0.808. The van der Waals surface area contributed by atoms with E-state index >= 15 is 0 Å². The second-order valence-corrected chi connectivity index (χ2v) is 11.6. The number of hydrogen-bond acceptors (Lipinski definition) is 4. The maximum atomic E-state index is 12.9. The van der Waals surface area contributed by atoms with Crippen LogP contribution in [0.2, 0.25) is 0 Å². The van der Waals surface area contributed by atoms with Crippen molar-refractivity contribution in [3.8, 4) is 0 Å². The Kier molecular flexibility index (Phi) is 4.99. The Bertz CT molecular complexity index is 802. The average Bonchev–Trinajstić information content (AvgIpc) is 3.19. The molecule has 5 aliphatic rings. The lowest BCUT2D eigenvalue weighted by atomic mass is 9.53. The van der Waals surface area contributed by atoms with Crippen LogP contribution in [0.5, 0.6) is 0 Å². The zero-order chi connectivity index (χ0) is 21.1. The van der Waals surface area contributed by atoms with Crippen LogP contribution >= 0.6 is 0 Å². The number of ether oxygens (including phenoxy) is 2. The maximum absolute atomic E-state index is 12.9. The first-order valence-electron chi connectivity index (χ1n) is 12.8. The van der Waals surface area contributed by atoms with Gasteiger partial charge in [-0.3, -0.25) is 4.79 Å². The van der Waals surface area contributed by atoms with Crippen LogP contribution in [0.3, 0.4) is 0 Å². The molecule has 3 heterocycles. The van der Waals surface area contributed by atoms with E-state index in [2.05, 4.69) is 18.3 Å². The topological polar surface area (TPSA) is 68.6 Å². The van der Waals surface area contributed by atoms with Gasteiger partial charge in [0.15, 0.2) is 0 Å². The lowest BCUT2D eigenvalue weighted by Gasteiger charge is -2.51. The number of hydrogen-bond donors (Lipinski definition) is 1. The number of esters is 1. The van der Waals surface area contributed by atoms with E-state index in [4.69, 9.17) is 13.9 Å². The van der Waals surface area contributed by atoms with Gasteiger partial charge in [0.05, 0.1) is 31.1 Å². The summed E-state index contributed by atoms with van der Waals surface area (Å²) in [5.74, 6) is 2.85. The number of epoxide rings is 1. The summed E-state index contributed by atoms with van der Waals surface area (Å²) in [7, 11) is 0. The van der Waals surface area contributed by atoms with Crippen molar-refractivity contribution < 1.29 is 24.0 Å². The third-order valence-corrected chi connectivity index (χ3v) is 9.78. The Morgan fingerprint density at radius 1 is 1.19 bits per heavy atom. The number of nitrogens with two attached hydrogens (primary N) is 1. The highest BCUT2D eigenvalue weighted by Gasteiger charge is 2.65. The average molecular weight is 429 g/mol. The van der Waals surface area contributed by atoms with E-state index in [0.29, 0.717) is 23.8 Å². The number of rotatable bonds is 5. The van der Waals surface area contributed by atoms with Crippen LogP contribution in [0, 0.1) is 29.1 Å². The van der Waals surface area contributed by atoms with Gasteiger partial charge in [-0.2, -0.15) is 0 Å². The highest BCUT2D eigenvalue weighted by atomic mass is 16.6. The van der Waals surface area contributed by atoms with Crippen LogP contribution < -0.4 is 5.32 Å². The second-order valence-electron chi connectivity index (χ2n) is 11.6. The molecule has 5 fully saturated rings. The minimum atomic E-state index is 0.0541. The zero-order valence-electron chi connectivity index (χ0n) is 18.9. The lowest BCUT2D eigenvalue weighted by Crippen LogP contribution is -2.93. The van der Waals surface area contributed by atoms with Gasteiger partial charge in [-0.15, -0.1) is 0 Å². The predicted octanol–water partition coefficient (Wildman–Crippen LogP) is 3.47. The molecule has 5 nitrogen and oxygen atoms in total. The van der Waals surface area contributed by atoms with E-state index in [-0.39, 0.29) is 29.0 Å². The third-order valence-electron chi connectivity index (χ3n) is 9.78. The highest BCUT2D eigenvalue weighted by Crippen LogP contribution is 2.62. The van der Waals surface area contributed by atoms with Crippen LogP contribution in [0.4, 0.5) is 0 Å². The van der Waals surface area contributed by atoms with Crippen molar-refractivity contribution in [2.24, 2.45) is 29.1 Å². The quantitative estimate of drug-likeness (QED) is 0.576. The standard InChI is InChI=1S/C26H37NO4/c1-25-9-5-10-26(16-30-26)23(25)13-19-20(24(28)31-22(19)14-25)15-27-21-8-3-2-6-17(21)12-18-7-4-11-29-18/h4,7,11,17,19-23,27H,2-3,5-6,8-10,12-16H2,1H3/p+1/t17-,19-,20-,21-,22-,23-,25-,26+/m1/s1. The second kappa shape index (κ2) is 7.62. The fourth-order valence-electron chi connectivity index (χ4n) is 8.04. The van der Waals surface area contributed by atoms with E-state index in [0.717, 1.165) is 38.2 Å². The molecule has 2 saturated heterocycles. The van der Waals surface area contributed by atoms with Crippen LogP contribution in [-0.2, 0) is 20.7 Å². The molecule has 5 heteroatoms. The normalized spacial score (nSPS) is 46.4. The molecule has 2 N–H and O–H groups in total. The van der Waals surface area contributed by atoms with Crippen molar-refractivity contribution in [3.63, 3.8) is 0 Å². The molecule has 0 aromatic carbocycles.